The van der Waals surface area contributed by atoms with Crippen molar-refractivity contribution >= 4 is 10.2 Å². The van der Waals surface area contributed by atoms with Crippen molar-refractivity contribution in [1.82, 2.24) is 14.3 Å². The highest BCUT2D eigenvalue weighted by molar-refractivity contribution is 7.87. The second-order valence-corrected chi connectivity index (χ2v) is 6.30. The number of nitrogens with zero attached hydrogens (tertiary/aromatic N) is 1. The second-order valence-electron chi connectivity index (χ2n) is 4.43. The van der Waals surface area contributed by atoms with Crippen molar-refractivity contribution in [2.24, 2.45) is 5.92 Å². The molecule has 0 aromatic rings. The standard InChI is InChI=1S/C9H18F3N3O2S/c1-15(6-8-3-2-4-13-5-8)18(16,17)14-7-9(10,11)12/h8,13-14H,2-7H2,1H3. The Bertz CT molecular complexity index is 353. The van der Waals surface area contributed by atoms with Gasteiger partial charge in [-0.05, 0) is 31.8 Å². The zero-order chi connectivity index (χ0) is 13.8. The van der Waals surface area contributed by atoms with Crippen molar-refractivity contribution in [1.29, 1.82) is 0 Å². The maximum Gasteiger partial charge on any atom is 0.402 e. The largest absolute Gasteiger partial charge is 0.402 e. The van der Waals surface area contributed by atoms with E-state index in [-0.39, 0.29) is 12.5 Å². The SMILES string of the molecule is CN(CC1CCCNC1)S(=O)(=O)NCC(F)(F)F. The smallest absolute Gasteiger partial charge is 0.316 e. The highest BCUT2D eigenvalue weighted by Crippen LogP contribution is 2.15. The number of alkyl halides is 3. The van der Waals surface area contributed by atoms with E-state index in [1.165, 1.54) is 7.05 Å². The van der Waals surface area contributed by atoms with E-state index in [4.69, 9.17) is 0 Å². The molecule has 2 N–H and O–H groups in total. The van der Waals surface area contributed by atoms with Gasteiger partial charge in [0, 0.05) is 13.6 Å². The minimum atomic E-state index is -4.54. The van der Waals surface area contributed by atoms with E-state index >= 15 is 0 Å². The van der Waals surface area contributed by atoms with Gasteiger partial charge < -0.3 is 5.32 Å². The van der Waals surface area contributed by atoms with E-state index in [2.05, 4.69) is 5.32 Å². The van der Waals surface area contributed by atoms with Crippen LogP contribution in [0.4, 0.5) is 13.2 Å². The van der Waals surface area contributed by atoms with E-state index in [0.29, 0.717) is 6.54 Å². The molecule has 0 amide bonds. The summed E-state index contributed by atoms with van der Waals surface area (Å²) in [5.74, 6) is 0.145. The number of rotatable bonds is 5. The maximum absolute atomic E-state index is 12.0. The molecule has 1 unspecified atom stereocenters. The van der Waals surface area contributed by atoms with E-state index in [9.17, 15) is 21.6 Å². The molecule has 0 aromatic carbocycles. The van der Waals surface area contributed by atoms with Crippen LogP contribution in [-0.4, -0.2) is 52.1 Å². The first-order chi connectivity index (χ1) is 8.21. The predicted molar refractivity (Wildman–Crippen MR) is 61.2 cm³/mol. The molecule has 0 aliphatic carbocycles. The quantitative estimate of drug-likeness (QED) is 0.766. The molecule has 0 spiro atoms. The van der Waals surface area contributed by atoms with Gasteiger partial charge in [-0.15, -0.1) is 0 Å². The van der Waals surface area contributed by atoms with Crippen LogP contribution >= 0.6 is 0 Å². The molecule has 0 bridgehead atoms. The van der Waals surface area contributed by atoms with Crippen LogP contribution in [0.5, 0.6) is 0 Å². The molecule has 1 aliphatic rings. The van der Waals surface area contributed by atoms with E-state index in [1.54, 1.807) is 4.72 Å². The normalized spacial score (nSPS) is 22.4. The number of nitrogens with one attached hydrogen (secondary N) is 2. The van der Waals surface area contributed by atoms with Crippen molar-refractivity contribution < 1.29 is 21.6 Å². The lowest BCUT2D eigenvalue weighted by molar-refractivity contribution is -0.121. The third-order valence-electron chi connectivity index (χ3n) is 2.78. The summed E-state index contributed by atoms with van der Waals surface area (Å²) in [6.45, 7) is 0.279. The van der Waals surface area contributed by atoms with Gasteiger partial charge in [0.1, 0.15) is 6.54 Å². The van der Waals surface area contributed by atoms with Crippen LogP contribution in [0.3, 0.4) is 0 Å². The Balaban J connectivity index is 2.45. The molecule has 0 aromatic heterocycles. The fraction of sp³-hybridized carbons (Fsp3) is 1.00. The summed E-state index contributed by atoms with van der Waals surface area (Å²) >= 11 is 0. The first-order valence-electron chi connectivity index (χ1n) is 5.69. The van der Waals surface area contributed by atoms with Gasteiger partial charge in [-0.25, -0.2) is 0 Å². The van der Waals surface area contributed by atoms with Crippen LogP contribution in [0.1, 0.15) is 12.8 Å². The summed E-state index contributed by atoms with van der Waals surface area (Å²) in [6, 6.07) is 0. The average Bonchev–Trinajstić information content (AvgIpc) is 2.27. The molecule has 9 heteroatoms. The molecule has 108 valence electrons. The van der Waals surface area contributed by atoms with Crippen molar-refractivity contribution in [2.45, 2.75) is 19.0 Å². The number of hydrogen-bond donors (Lipinski definition) is 2. The van der Waals surface area contributed by atoms with Crippen molar-refractivity contribution in [3.8, 4) is 0 Å². The molecular weight excluding hydrogens is 271 g/mol. The summed E-state index contributed by atoms with van der Waals surface area (Å²) in [4.78, 5) is 0. The van der Waals surface area contributed by atoms with E-state index in [1.807, 2.05) is 0 Å². The summed E-state index contributed by atoms with van der Waals surface area (Å²) < 4.78 is 61.4. The first-order valence-corrected chi connectivity index (χ1v) is 7.13. The van der Waals surface area contributed by atoms with Crippen LogP contribution in [-0.2, 0) is 10.2 Å². The van der Waals surface area contributed by atoms with Gasteiger partial charge >= 0.3 is 6.18 Å². The summed E-state index contributed by atoms with van der Waals surface area (Å²) in [5.41, 5.74) is 0. The third kappa shape index (κ3) is 5.51. The topological polar surface area (TPSA) is 61.4 Å². The minimum Gasteiger partial charge on any atom is -0.316 e. The molecule has 1 saturated heterocycles. The molecule has 1 heterocycles. The van der Waals surface area contributed by atoms with Gasteiger partial charge in [-0.3, -0.25) is 0 Å². The number of hydrogen-bond acceptors (Lipinski definition) is 3. The molecule has 18 heavy (non-hydrogen) atoms. The lowest BCUT2D eigenvalue weighted by Gasteiger charge is -2.27. The fourth-order valence-electron chi connectivity index (χ4n) is 1.82. The predicted octanol–water partition coefficient (Wildman–Crippen LogP) is 0.314. The molecule has 1 aliphatic heterocycles. The van der Waals surface area contributed by atoms with Gasteiger partial charge in [-0.2, -0.15) is 30.6 Å². The maximum atomic E-state index is 12.0. The van der Waals surface area contributed by atoms with E-state index < -0.39 is 22.9 Å². The molecular formula is C9H18F3N3O2S. The average molecular weight is 289 g/mol. The van der Waals surface area contributed by atoms with Crippen molar-refractivity contribution in [3.05, 3.63) is 0 Å². The highest BCUT2D eigenvalue weighted by Gasteiger charge is 2.31. The summed E-state index contributed by atoms with van der Waals surface area (Å²) in [5, 5.41) is 3.13. The third-order valence-corrected chi connectivity index (χ3v) is 4.26. The van der Waals surface area contributed by atoms with Crippen LogP contribution in [0.25, 0.3) is 0 Å². The van der Waals surface area contributed by atoms with Gasteiger partial charge in [-0.1, -0.05) is 0 Å². The second kappa shape index (κ2) is 6.18. The molecule has 0 radical (unpaired) electrons. The van der Waals surface area contributed by atoms with Crippen LogP contribution in [0.2, 0.25) is 0 Å². The van der Waals surface area contributed by atoms with Crippen molar-refractivity contribution in [3.63, 3.8) is 0 Å². The monoisotopic (exact) mass is 289 g/mol. The zero-order valence-electron chi connectivity index (χ0n) is 10.1. The lowest BCUT2D eigenvalue weighted by atomic mass is 10.00. The van der Waals surface area contributed by atoms with E-state index in [0.717, 1.165) is 23.7 Å². The van der Waals surface area contributed by atoms with Crippen LogP contribution < -0.4 is 10.0 Å². The Hall–Kier alpha value is -0.380. The highest BCUT2D eigenvalue weighted by atomic mass is 32.2. The minimum absolute atomic E-state index is 0.145. The van der Waals surface area contributed by atoms with Crippen LogP contribution in [0, 0.1) is 5.92 Å². The number of piperidine rings is 1. The van der Waals surface area contributed by atoms with Gasteiger partial charge in [0.25, 0.3) is 10.2 Å². The molecule has 1 rings (SSSR count). The van der Waals surface area contributed by atoms with Gasteiger partial charge in [0.2, 0.25) is 0 Å². The molecule has 0 saturated carbocycles. The Morgan fingerprint density at radius 1 is 1.44 bits per heavy atom. The fourth-order valence-corrected chi connectivity index (χ4v) is 2.80. The molecule has 1 fully saturated rings. The van der Waals surface area contributed by atoms with Crippen LogP contribution in [0.15, 0.2) is 0 Å². The lowest BCUT2D eigenvalue weighted by Crippen LogP contribution is -2.46. The van der Waals surface area contributed by atoms with Crippen molar-refractivity contribution in [2.75, 3.05) is 33.2 Å². The Labute approximate surface area is 105 Å². The summed E-state index contributed by atoms with van der Waals surface area (Å²) in [7, 11) is -2.77. The Kier molecular flexibility index (Phi) is 5.38. The molecule has 5 nitrogen and oxygen atoms in total. The Morgan fingerprint density at radius 2 is 2.11 bits per heavy atom. The molecule has 1 atom stereocenters. The first kappa shape index (κ1) is 15.7. The number of halogens is 3. The Morgan fingerprint density at radius 3 is 2.61 bits per heavy atom. The summed E-state index contributed by atoms with van der Waals surface area (Å²) in [6.07, 6.45) is -2.71. The zero-order valence-corrected chi connectivity index (χ0v) is 10.9. The van der Waals surface area contributed by atoms with Gasteiger partial charge in [0.05, 0.1) is 0 Å². The van der Waals surface area contributed by atoms with Gasteiger partial charge in [0.15, 0.2) is 0 Å².